The lowest BCUT2D eigenvalue weighted by Crippen LogP contribution is -2.31. The van der Waals surface area contributed by atoms with Gasteiger partial charge in [0.15, 0.2) is 0 Å². The number of amides is 1. The van der Waals surface area contributed by atoms with E-state index in [9.17, 15) is 4.79 Å². The minimum Gasteiger partial charge on any atom is -0.493 e. The summed E-state index contributed by atoms with van der Waals surface area (Å²) in [6.07, 6.45) is -0.225. The summed E-state index contributed by atoms with van der Waals surface area (Å²) >= 11 is 0. The molecule has 0 saturated heterocycles. The third-order valence-electron chi connectivity index (χ3n) is 2.18. The van der Waals surface area contributed by atoms with Crippen LogP contribution in [0, 0.1) is 6.92 Å². The Labute approximate surface area is 102 Å². The van der Waals surface area contributed by atoms with Crippen LogP contribution in [0.5, 0.6) is 5.75 Å². The Bertz CT molecular complexity index is 363. The van der Waals surface area contributed by atoms with Gasteiger partial charge in [-0.15, -0.1) is 0 Å². The number of aliphatic hydroxyl groups is 1. The molecule has 1 aromatic carbocycles. The molecule has 94 valence electrons. The van der Waals surface area contributed by atoms with Gasteiger partial charge in [0.1, 0.15) is 5.75 Å². The zero-order valence-corrected chi connectivity index (χ0v) is 10.3. The van der Waals surface area contributed by atoms with Crippen LogP contribution in [0.3, 0.4) is 0 Å². The van der Waals surface area contributed by atoms with Crippen molar-refractivity contribution < 1.29 is 14.6 Å². The number of hydrogen-bond acceptors (Lipinski definition) is 3. The summed E-state index contributed by atoms with van der Waals surface area (Å²) in [5, 5.41) is 11.6. The Morgan fingerprint density at radius 1 is 1.53 bits per heavy atom. The van der Waals surface area contributed by atoms with Gasteiger partial charge in [0.25, 0.3) is 0 Å². The number of nitrogens with one attached hydrogen (secondary N) is 1. The first-order valence-electron chi connectivity index (χ1n) is 5.72. The summed E-state index contributed by atoms with van der Waals surface area (Å²) < 4.78 is 5.44. The number of carbonyl (C=O) groups is 1. The van der Waals surface area contributed by atoms with Gasteiger partial charge in [0, 0.05) is 6.54 Å². The van der Waals surface area contributed by atoms with Crippen molar-refractivity contribution in [3.63, 3.8) is 0 Å². The predicted octanol–water partition coefficient (Wildman–Crippen LogP) is 1.26. The van der Waals surface area contributed by atoms with Crippen molar-refractivity contribution in [2.24, 2.45) is 0 Å². The average molecular weight is 237 g/mol. The standard InChI is InChI=1S/C13H19NO3/c1-10-4-3-5-12(8-10)17-7-6-13(16)14-9-11(2)15/h3-5,8,11,15H,6-7,9H2,1-2H3,(H,14,16)/t11-/m1/s1. The molecule has 0 bridgehead atoms. The molecule has 1 atom stereocenters. The van der Waals surface area contributed by atoms with Crippen LogP contribution in [0.1, 0.15) is 18.9 Å². The molecule has 2 N–H and O–H groups in total. The summed E-state index contributed by atoms with van der Waals surface area (Å²) in [5.41, 5.74) is 1.13. The van der Waals surface area contributed by atoms with Gasteiger partial charge in [-0.3, -0.25) is 4.79 Å². The van der Waals surface area contributed by atoms with E-state index < -0.39 is 6.10 Å². The highest BCUT2D eigenvalue weighted by Gasteiger charge is 2.03. The van der Waals surface area contributed by atoms with Crippen LogP contribution in [0.2, 0.25) is 0 Å². The number of aliphatic hydroxyl groups excluding tert-OH is 1. The molecule has 4 heteroatoms. The van der Waals surface area contributed by atoms with Gasteiger partial charge in [-0.05, 0) is 31.5 Å². The van der Waals surface area contributed by atoms with Gasteiger partial charge in [-0.1, -0.05) is 12.1 Å². The molecule has 1 amide bonds. The van der Waals surface area contributed by atoms with E-state index in [-0.39, 0.29) is 12.5 Å². The van der Waals surface area contributed by atoms with Crippen LogP contribution >= 0.6 is 0 Å². The normalized spacial score (nSPS) is 11.9. The first kappa shape index (κ1) is 13.5. The first-order chi connectivity index (χ1) is 8.08. The zero-order valence-electron chi connectivity index (χ0n) is 10.3. The molecule has 0 aliphatic carbocycles. The van der Waals surface area contributed by atoms with E-state index >= 15 is 0 Å². The van der Waals surface area contributed by atoms with Crippen molar-refractivity contribution in [1.29, 1.82) is 0 Å². The van der Waals surface area contributed by atoms with Gasteiger partial charge in [0.2, 0.25) is 5.91 Å². The minimum atomic E-state index is -0.517. The highest BCUT2D eigenvalue weighted by atomic mass is 16.5. The summed E-state index contributed by atoms with van der Waals surface area (Å²) in [6, 6.07) is 7.69. The number of hydrogen-bond donors (Lipinski definition) is 2. The van der Waals surface area contributed by atoms with Gasteiger partial charge >= 0.3 is 0 Å². The largest absolute Gasteiger partial charge is 0.493 e. The van der Waals surface area contributed by atoms with Crippen LogP contribution in [0.15, 0.2) is 24.3 Å². The van der Waals surface area contributed by atoms with Crippen LogP contribution in [0.4, 0.5) is 0 Å². The van der Waals surface area contributed by atoms with Gasteiger partial charge < -0.3 is 15.2 Å². The van der Waals surface area contributed by atoms with Crippen molar-refractivity contribution in [2.45, 2.75) is 26.4 Å². The molecule has 1 rings (SSSR count). The third kappa shape index (κ3) is 5.92. The summed E-state index contributed by atoms with van der Waals surface area (Å²) in [6.45, 7) is 4.24. The Balaban J connectivity index is 2.21. The lowest BCUT2D eigenvalue weighted by atomic mass is 10.2. The lowest BCUT2D eigenvalue weighted by Gasteiger charge is -2.08. The molecule has 0 saturated carbocycles. The highest BCUT2D eigenvalue weighted by molar-refractivity contribution is 5.75. The molecule has 0 unspecified atom stereocenters. The molecule has 0 aliphatic heterocycles. The second-order valence-electron chi connectivity index (χ2n) is 4.07. The van der Waals surface area contributed by atoms with E-state index in [0.717, 1.165) is 11.3 Å². The Morgan fingerprint density at radius 2 is 2.29 bits per heavy atom. The first-order valence-corrected chi connectivity index (χ1v) is 5.72. The fourth-order valence-corrected chi connectivity index (χ4v) is 1.32. The molecule has 0 aliphatic rings. The quantitative estimate of drug-likeness (QED) is 0.783. The van der Waals surface area contributed by atoms with E-state index in [0.29, 0.717) is 13.0 Å². The zero-order chi connectivity index (χ0) is 12.7. The number of carbonyl (C=O) groups excluding carboxylic acids is 1. The van der Waals surface area contributed by atoms with E-state index in [4.69, 9.17) is 9.84 Å². The van der Waals surface area contributed by atoms with Gasteiger partial charge in [-0.25, -0.2) is 0 Å². The maximum atomic E-state index is 11.3. The smallest absolute Gasteiger partial charge is 0.223 e. The SMILES string of the molecule is Cc1cccc(OCCC(=O)NC[C@@H](C)O)c1. The van der Waals surface area contributed by atoms with Gasteiger partial charge in [-0.2, -0.15) is 0 Å². The monoisotopic (exact) mass is 237 g/mol. The number of benzene rings is 1. The van der Waals surface area contributed by atoms with Crippen molar-refractivity contribution in [2.75, 3.05) is 13.2 Å². The summed E-state index contributed by atoms with van der Waals surface area (Å²) in [7, 11) is 0. The maximum absolute atomic E-state index is 11.3. The molecule has 0 fully saturated rings. The van der Waals surface area contributed by atoms with Gasteiger partial charge in [0.05, 0.1) is 19.1 Å². The second kappa shape index (κ2) is 6.91. The summed E-state index contributed by atoms with van der Waals surface area (Å²) in [4.78, 5) is 11.3. The van der Waals surface area contributed by atoms with Crippen LogP contribution in [0.25, 0.3) is 0 Å². The topological polar surface area (TPSA) is 58.6 Å². The van der Waals surface area contributed by atoms with Crippen molar-refractivity contribution in [1.82, 2.24) is 5.32 Å². The van der Waals surface area contributed by atoms with Crippen molar-refractivity contribution in [3.8, 4) is 5.75 Å². The number of aryl methyl sites for hydroxylation is 1. The maximum Gasteiger partial charge on any atom is 0.223 e. The molecular weight excluding hydrogens is 218 g/mol. The van der Waals surface area contributed by atoms with E-state index in [2.05, 4.69) is 5.32 Å². The third-order valence-corrected chi connectivity index (χ3v) is 2.18. The molecule has 17 heavy (non-hydrogen) atoms. The van der Waals surface area contributed by atoms with Crippen molar-refractivity contribution in [3.05, 3.63) is 29.8 Å². The van der Waals surface area contributed by atoms with Crippen LogP contribution in [-0.2, 0) is 4.79 Å². The Morgan fingerprint density at radius 3 is 2.94 bits per heavy atom. The van der Waals surface area contributed by atoms with Crippen molar-refractivity contribution >= 4 is 5.91 Å². The molecular formula is C13H19NO3. The second-order valence-corrected chi connectivity index (χ2v) is 4.07. The average Bonchev–Trinajstić information content (AvgIpc) is 2.26. The molecule has 0 spiro atoms. The van der Waals surface area contributed by atoms with E-state index in [1.54, 1.807) is 6.92 Å². The Kier molecular flexibility index (Phi) is 5.49. The van der Waals surface area contributed by atoms with Crippen LogP contribution < -0.4 is 10.1 Å². The number of rotatable bonds is 6. The predicted molar refractivity (Wildman–Crippen MR) is 66.0 cm³/mol. The minimum absolute atomic E-state index is 0.112. The lowest BCUT2D eigenvalue weighted by molar-refractivity contribution is -0.122. The molecule has 4 nitrogen and oxygen atoms in total. The Hall–Kier alpha value is -1.55. The highest BCUT2D eigenvalue weighted by Crippen LogP contribution is 2.12. The van der Waals surface area contributed by atoms with E-state index in [1.165, 1.54) is 0 Å². The number of ether oxygens (including phenoxy) is 1. The fourth-order valence-electron chi connectivity index (χ4n) is 1.32. The molecule has 1 aromatic rings. The molecule has 0 radical (unpaired) electrons. The molecule has 0 aromatic heterocycles. The molecule has 0 heterocycles. The summed E-state index contributed by atoms with van der Waals surface area (Å²) in [5.74, 6) is 0.659. The van der Waals surface area contributed by atoms with E-state index in [1.807, 2.05) is 31.2 Å². The van der Waals surface area contributed by atoms with Crippen LogP contribution in [-0.4, -0.2) is 30.3 Å². The fraction of sp³-hybridized carbons (Fsp3) is 0.462.